The van der Waals surface area contributed by atoms with Gasteiger partial charge in [0, 0.05) is 5.56 Å². The molecule has 0 aromatic heterocycles. The van der Waals surface area contributed by atoms with Gasteiger partial charge in [-0.3, -0.25) is 0 Å². The van der Waals surface area contributed by atoms with Gasteiger partial charge in [-0.25, -0.2) is 0 Å². The number of phenols is 1. The number of benzene rings is 1. The summed E-state index contributed by atoms with van der Waals surface area (Å²) in [5.41, 5.74) is 1.03. The zero-order valence-electron chi connectivity index (χ0n) is 10.9. The number of ether oxygens (including phenoxy) is 1. The molecule has 0 spiro atoms. The smallest absolute Gasteiger partial charge is 0.121 e. The van der Waals surface area contributed by atoms with Crippen LogP contribution in [0.25, 0.3) is 0 Å². The molecular formula is C14H20O2S2. The average molecular weight is 284 g/mol. The van der Waals surface area contributed by atoms with Crippen LogP contribution < -0.4 is 4.74 Å². The van der Waals surface area contributed by atoms with Gasteiger partial charge in [0.1, 0.15) is 11.5 Å². The van der Waals surface area contributed by atoms with Gasteiger partial charge in [0.05, 0.1) is 11.2 Å². The van der Waals surface area contributed by atoms with Crippen molar-refractivity contribution in [3.63, 3.8) is 0 Å². The predicted molar refractivity (Wildman–Crippen MR) is 80.8 cm³/mol. The Morgan fingerprint density at radius 1 is 1.33 bits per heavy atom. The first-order chi connectivity index (χ1) is 8.72. The maximum absolute atomic E-state index is 10.2. The summed E-state index contributed by atoms with van der Waals surface area (Å²) in [6.45, 7) is 2.20. The summed E-state index contributed by atoms with van der Waals surface area (Å²) in [5.74, 6) is 3.56. The Morgan fingerprint density at radius 3 is 2.67 bits per heavy atom. The first kappa shape index (κ1) is 13.9. The van der Waals surface area contributed by atoms with Crippen LogP contribution in [0.3, 0.4) is 0 Å². The Kier molecular flexibility index (Phi) is 4.73. The molecule has 2 rings (SSSR count). The Labute approximate surface area is 117 Å². The lowest BCUT2D eigenvalue weighted by atomic mass is 10.1. The Morgan fingerprint density at radius 2 is 2.06 bits per heavy atom. The van der Waals surface area contributed by atoms with Crippen LogP contribution in [-0.2, 0) is 4.08 Å². The second-order valence-electron chi connectivity index (χ2n) is 4.44. The highest BCUT2D eigenvalue weighted by Crippen LogP contribution is 2.55. The van der Waals surface area contributed by atoms with Gasteiger partial charge in [0.25, 0.3) is 0 Å². The Balaban J connectivity index is 2.40. The Hall–Kier alpha value is -0.480. The third kappa shape index (κ3) is 2.75. The van der Waals surface area contributed by atoms with Gasteiger partial charge in [-0.05, 0) is 42.5 Å². The van der Waals surface area contributed by atoms with Gasteiger partial charge in [-0.15, -0.1) is 23.5 Å². The van der Waals surface area contributed by atoms with Crippen molar-refractivity contribution in [2.75, 3.05) is 18.6 Å². The van der Waals surface area contributed by atoms with E-state index in [4.69, 9.17) is 4.74 Å². The standard InChI is InChI=1S/C14H20O2S2/c1-3-7-14(17-8-4-9-18-14)12-10-11(16-2)5-6-13(12)15/h5-6,10,15H,3-4,7-9H2,1-2H3. The van der Waals surface area contributed by atoms with Crippen molar-refractivity contribution in [1.82, 2.24) is 0 Å². The molecule has 1 N–H and O–H groups in total. The van der Waals surface area contributed by atoms with E-state index in [9.17, 15) is 5.11 Å². The number of hydrogen-bond donors (Lipinski definition) is 1. The van der Waals surface area contributed by atoms with E-state index in [1.165, 1.54) is 17.9 Å². The molecule has 4 heteroatoms. The number of aromatic hydroxyl groups is 1. The maximum Gasteiger partial charge on any atom is 0.121 e. The summed E-state index contributed by atoms with van der Waals surface area (Å²) >= 11 is 3.94. The largest absolute Gasteiger partial charge is 0.508 e. The second kappa shape index (κ2) is 6.11. The van der Waals surface area contributed by atoms with Crippen LogP contribution >= 0.6 is 23.5 Å². The molecule has 0 atom stereocenters. The average Bonchev–Trinajstić information content (AvgIpc) is 2.40. The summed E-state index contributed by atoms with van der Waals surface area (Å²) in [6.07, 6.45) is 3.46. The van der Waals surface area contributed by atoms with Gasteiger partial charge in [-0.2, -0.15) is 0 Å². The lowest BCUT2D eigenvalue weighted by Crippen LogP contribution is -2.22. The third-order valence-electron chi connectivity index (χ3n) is 3.15. The highest BCUT2D eigenvalue weighted by molar-refractivity contribution is 8.18. The monoisotopic (exact) mass is 284 g/mol. The van der Waals surface area contributed by atoms with Crippen LogP contribution in [0.5, 0.6) is 11.5 Å². The van der Waals surface area contributed by atoms with E-state index in [0.717, 1.165) is 24.2 Å². The van der Waals surface area contributed by atoms with Gasteiger partial charge in [0.15, 0.2) is 0 Å². The van der Waals surface area contributed by atoms with Crippen LogP contribution in [0.15, 0.2) is 18.2 Å². The summed E-state index contributed by atoms with van der Waals surface area (Å²) in [5, 5.41) is 10.2. The lowest BCUT2D eigenvalue weighted by Gasteiger charge is -2.37. The van der Waals surface area contributed by atoms with E-state index in [-0.39, 0.29) is 4.08 Å². The van der Waals surface area contributed by atoms with Gasteiger partial charge in [0.2, 0.25) is 0 Å². The summed E-state index contributed by atoms with van der Waals surface area (Å²) in [4.78, 5) is 0. The van der Waals surface area contributed by atoms with Crippen molar-refractivity contribution < 1.29 is 9.84 Å². The molecule has 0 radical (unpaired) electrons. The maximum atomic E-state index is 10.2. The number of rotatable bonds is 4. The predicted octanol–water partition coefficient (Wildman–Crippen LogP) is 4.22. The molecule has 0 bridgehead atoms. The van der Waals surface area contributed by atoms with Crippen molar-refractivity contribution in [2.24, 2.45) is 0 Å². The van der Waals surface area contributed by atoms with E-state index in [1.54, 1.807) is 13.2 Å². The molecule has 1 heterocycles. The zero-order valence-corrected chi connectivity index (χ0v) is 12.6. The molecule has 1 saturated heterocycles. The van der Waals surface area contributed by atoms with Crippen molar-refractivity contribution in [3.05, 3.63) is 23.8 Å². The van der Waals surface area contributed by atoms with Crippen molar-refractivity contribution in [2.45, 2.75) is 30.3 Å². The SMILES string of the molecule is CCCC1(c2cc(OC)ccc2O)SCCCS1. The number of methoxy groups -OCH3 is 1. The second-order valence-corrected chi connectivity index (χ2v) is 7.48. The molecule has 1 aliphatic heterocycles. The molecule has 2 nitrogen and oxygen atoms in total. The number of thioether (sulfide) groups is 2. The molecule has 0 saturated carbocycles. The lowest BCUT2D eigenvalue weighted by molar-refractivity contribution is 0.410. The minimum absolute atomic E-state index is 0.00558. The first-order valence-electron chi connectivity index (χ1n) is 6.37. The molecule has 1 aromatic carbocycles. The van der Waals surface area contributed by atoms with Crippen LogP contribution in [0.2, 0.25) is 0 Å². The Bertz CT molecular complexity index is 395. The highest BCUT2D eigenvalue weighted by atomic mass is 32.2. The molecule has 1 aliphatic rings. The molecule has 0 aliphatic carbocycles. The number of hydrogen-bond acceptors (Lipinski definition) is 4. The fourth-order valence-corrected chi connectivity index (χ4v) is 5.87. The molecule has 18 heavy (non-hydrogen) atoms. The minimum atomic E-state index is 0.00558. The van der Waals surface area contributed by atoms with Gasteiger partial charge >= 0.3 is 0 Å². The minimum Gasteiger partial charge on any atom is -0.508 e. The van der Waals surface area contributed by atoms with Crippen LogP contribution in [0.1, 0.15) is 31.7 Å². The van der Waals surface area contributed by atoms with Crippen LogP contribution in [0.4, 0.5) is 0 Å². The fraction of sp³-hybridized carbons (Fsp3) is 0.571. The quantitative estimate of drug-likeness (QED) is 0.896. The number of phenolic OH excluding ortho intramolecular Hbond substituents is 1. The normalized spacial score (nSPS) is 18.6. The van der Waals surface area contributed by atoms with Gasteiger partial charge < -0.3 is 9.84 Å². The molecular weight excluding hydrogens is 264 g/mol. The van der Waals surface area contributed by atoms with Crippen LogP contribution in [0, 0.1) is 0 Å². The highest BCUT2D eigenvalue weighted by Gasteiger charge is 2.37. The zero-order chi connectivity index (χ0) is 13.0. The molecule has 1 fully saturated rings. The summed E-state index contributed by atoms with van der Waals surface area (Å²) in [7, 11) is 1.67. The molecule has 1 aromatic rings. The molecule has 0 amide bonds. The van der Waals surface area contributed by atoms with E-state index in [2.05, 4.69) is 6.92 Å². The molecule has 100 valence electrons. The van der Waals surface area contributed by atoms with Crippen molar-refractivity contribution in [1.29, 1.82) is 0 Å². The van der Waals surface area contributed by atoms with E-state index < -0.39 is 0 Å². The third-order valence-corrected chi connectivity index (χ3v) is 6.63. The molecule has 0 unspecified atom stereocenters. The van der Waals surface area contributed by atoms with E-state index in [0.29, 0.717) is 5.75 Å². The van der Waals surface area contributed by atoms with Gasteiger partial charge in [-0.1, -0.05) is 13.3 Å². The van der Waals surface area contributed by atoms with E-state index in [1.807, 2.05) is 35.7 Å². The van der Waals surface area contributed by atoms with Crippen LogP contribution in [-0.4, -0.2) is 23.7 Å². The van der Waals surface area contributed by atoms with Crippen molar-refractivity contribution >= 4 is 23.5 Å². The van der Waals surface area contributed by atoms with Crippen molar-refractivity contribution in [3.8, 4) is 11.5 Å². The fourth-order valence-electron chi connectivity index (χ4n) is 2.29. The topological polar surface area (TPSA) is 29.5 Å². The summed E-state index contributed by atoms with van der Waals surface area (Å²) < 4.78 is 5.30. The first-order valence-corrected chi connectivity index (χ1v) is 8.34. The van der Waals surface area contributed by atoms with E-state index >= 15 is 0 Å². The summed E-state index contributed by atoms with van der Waals surface area (Å²) in [6, 6.07) is 5.56.